The monoisotopic (exact) mass is 417 g/mol. The van der Waals surface area contributed by atoms with Gasteiger partial charge >= 0.3 is 0 Å². The maximum Gasteiger partial charge on any atom is 0.223 e. The minimum absolute atomic E-state index is 0.210. The van der Waals surface area contributed by atoms with Crippen LogP contribution in [0, 0.1) is 0 Å². The Balaban J connectivity index is 6.91. The van der Waals surface area contributed by atoms with Crippen molar-refractivity contribution in [3.05, 3.63) is 0 Å². The zero-order chi connectivity index (χ0) is 23.3. The molecule has 0 aliphatic carbocycles. The fourth-order valence-corrected chi connectivity index (χ4v) is 2.75. The van der Waals surface area contributed by atoms with Crippen molar-refractivity contribution in [1.82, 2.24) is 5.32 Å². The fourth-order valence-electron chi connectivity index (χ4n) is 2.75. The fraction of sp³-hybridized carbons (Fsp3) is 0.667. The number of carbonyl (C=O) groups is 6. The van der Waals surface area contributed by atoms with Crippen molar-refractivity contribution in [2.45, 2.75) is 76.9 Å². The quantitative estimate of drug-likeness (QED) is 0.166. The van der Waals surface area contributed by atoms with Crippen LogP contribution in [-0.2, 0) is 28.8 Å². The Labute approximate surface area is 167 Å². The van der Waals surface area contributed by atoms with Gasteiger partial charge in [0.1, 0.15) is 12.1 Å². The summed E-state index contributed by atoms with van der Waals surface area (Å²) >= 11 is 0. The van der Waals surface area contributed by atoms with Crippen molar-refractivity contribution in [3.63, 3.8) is 0 Å². The first-order valence-corrected chi connectivity index (χ1v) is 8.81. The van der Waals surface area contributed by atoms with Crippen LogP contribution in [-0.4, -0.2) is 84.7 Å². The second-order valence-corrected chi connectivity index (χ2v) is 6.81. The van der Waals surface area contributed by atoms with Gasteiger partial charge in [0.2, 0.25) is 23.1 Å². The molecule has 0 fully saturated rings. The molecule has 0 aromatic rings. The van der Waals surface area contributed by atoms with Crippen molar-refractivity contribution in [2.75, 3.05) is 0 Å². The molecular weight excluding hydrogens is 390 g/mol. The van der Waals surface area contributed by atoms with Gasteiger partial charge in [-0.15, -0.1) is 0 Å². The molecule has 0 radical (unpaired) electrons. The Bertz CT molecular complexity index is 715. The van der Waals surface area contributed by atoms with Gasteiger partial charge in [0.15, 0.2) is 23.0 Å². The van der Waals surface area contributed by atoms with Gasteiger partial charge < -0.3 is 25.7 Å². The standard InChI is InChI=1S/C18H27NO10/c1-6-7-12(24)19-15(13(25)8(2)20)17(28,10(4)22)18(29,11(5)23)16(27)14(26)9(3)21/h9,14-15,21,26,28-29H,6-7H2,1-5H3,(H,19,24)/t9?,14?,15-,17+,18+/m0/s1. The average molecular weight is 417 g/mol. The van der Waals surface area contributed by atoms with E-state index in [0.717, 1.165) is 13.8 Å². The first kappa shape index (κ1) is 26.7. The number of hydrogen-bond acceptors (Lipinski definition) is 10. The van der Waals surface area contributed by atoms with E-state index in [1.807, 2.05) is 5.32 Å². The number of aliphatic hydroxyl groups is 4. The van der Waals surface area contributed by atoms with Gasteiger partial charge in [-0.3, -0.25) is 28.8 Å². The number of carbonyl (C=O) groups excluding carboxylic acids is 6. The third-order valence-electron chi connectivity index (χ3n) is 4.49. The number of hydrogen-bond donors (Lipinski definition) is 5. The van der Waals surface area contributed by atoms with Crippen LogP contribution < -0.4 is 5.32 Å². The van der Waals surface area contributed by atoms with Crippen molar-refractivity contribution in [1.29, 1.82) is 0 Å². The summed E-state index contributed by atoms with van der Waals surface area (Å²) in [6.07, 6.45) is -4.21. The lowest BCUT2D eigenvalue weighted by Crippen LogP contribution is -2.78. The van der Waals surface area contributed by atoms with Crippen molar-refractivity contribution < 1.29 is 49.2 Å². The van der Waals surface area contributed by atoms with E-state index in [1.165, 1.54) is 0 Å². The van der Waals surface area contributed by atoms with Crippen molar-refractivity contribution >= 4 is 34.8 Å². The zero-order valence-corrected chi connectivity index (χ0v) is 16.9. The van der Waals surface area contributed by atoms with E-state index in [-0.39, 0.29) is 12.8 Å². The second-order valence-electron chi connectivity index (χ2n) is 6.81. The molecule has 0 aromatic heterocycles. The third-order valence-corrected chi connectivity index (χ3v) is 4.49. The molecule has 2 unspecified atom stereocenters. The molecule has 1 amide bonds. The van der Waals surface area contributed by atoms with Gasteiger partial charge in [-0.05, 0) is 27.2 Å². The highest BCUT2D eigenvalue weighted by molar-refractivity contribution is 6.40. The number of rotatable bonds is 12. The van der Waals surface area contributed by atoms with Gasteiger partial charge in [0, 0.05) is 13.3 Å². The lowest BCUT2D eigenvalue weighted by Gasteiger charge is -2.43. The predicted octanol–water partition coefficient (Wildman–Crippen LogP) is -2.62. The maximum atomic E-state index is 12.6. The Morgan fingerprint density at radius 3 is 1.72 bits per heavy atom. The summed E-state index contributed by atoms with van der Waals surface area (Å²) in [6, 6.07) is -2.50. The molecule has 0 aromatic carbocycles. The highest BCUT2D eigenvalue weighted by Crippen LogP contribution is 2.32. The topological polar surface area (TPSA) is 195 Å². The maximum absolute atomic E-state index is 12.6. The molecule has 0 aliphatic heterocycles. The lowest BCUT2D eigenvalue weighted by molar-refractivity contribution is -0.197. The molecule has 0 saturated carbocycles. The van der Waals surface area contributed by atoms with Gasteiger partial charge in [-0.25, -0.2) is 0 Å². The lowest BCUT2D eigenvalue weighted by atomic mass is 9.67. The van der Waals surface area contributed by atoms with E-state index in [1.54, 1.807) is 6.92 Å². The molecule has 0 heterocycles. The number of aliphatic hydroxyl groups excluding tert-OH is 2. The number of Topliss-reactive ketones (excluding diaryl/α,β-unsaturated/α-hetero) is 5. The molecule has 0 aliphatic rings. The largest absolute Gasteiger partial charge is 0.390 e. The van der Waals surface area contributed by atoms with Crippen LogP contribution in [0.3, 0.4) is 0 Å². The number of ketones is 5. The van der Waals surface area contributed by atoms with E-state index in [4.69, 9.17) is 0 Å². The summed E-state index contributed by atoms with van der Waals surface area (Å²) in [5.41, 5.74) is -7.40. The molecule has 0 spiro atoms. The van der Waals surface area contributed by atoms with Crippen LogP contribution in [0.5, 0.6) is 0 Å². The summed E-state index contributed by atoms with van der Waals surface area (Å²) in [5, 5.41) is 43.1. The molecule has 11 nitrogen and oxygen atoms in total. The van der Waals surface area contributed by atoms with Gasteiger partial charge in [-0.1, -0.05) is 6.92 Å². The van der Waals surface area contributed by atoms with Crippen LogP contribution in [0.2, 0.25) is 0 Å². The van der Waals surface area contributed by atoms with E-state index in [0.29, 0.717) is 13.8 Å². The van der Waals surface area contributed by atoms with Gasteiger partial charge in [0.25, 0.3) is 0 Å². The SMILES string of the molecule is CCCC(=O)N[C@@H](C(=O)C(C)=O)[C@](O)(C(C)=O)[C@@](O)(C(C)=O)C(=O)C(O)C(C)O. The van der Waals surface area contributed by atoms with Crippen LogP contribution in [0.4, 0.5) is 0 Å². The third kappa shape index (κ3) is 4.99. The molecule has 5 N–H and O–H groups in total. The summed E-state index contributed by atoms with van der Waals surface area (Å²) in [6.45, 7) is 4.47. The first-order chi connectivity index (χ1) is 13.1. The first-order valence-electron chi connectivity index (χ1n) is 8.81. The molecule has 0 bridgehead atoms. The predicted molar refractivity (Wildman–Crippen MR) is 96.5 cm³/mol. The zero-order valence-electron chi connectivity index (χ0n) is 16.9. The minimum Gasteiger partial charge on any atom is -0.390 e. The smallest absolute Gasteiger partial charge is 0.223 e. The molecule has 11 heteroatoms. The Hall–Kier alpha value is -2.34. The molecule has 164 valence electrons. The number of nitrogens with one attached hydrogen (secondary N) is 1. The highest BCUT2D eigenvalue weighted by Gasteiger charge is 2.68. The van der Waals surface area contributed by atoms with Crippen molar-refractivity contribution in [2.24, 2.45) is 0 Å². The highest BCUT2D eigenvalue weighted by atomic mass is 16.4. The van der Waals surface area contributed by atoms with Crippen LogP contribution >= 0.6 is 0 Å². The summed E-state index contributed by atoms with van der Waals surface area (Å²) in [4.78, 5) is 73.2. The second kappa shape index (κ2) is 9.92. The van der Waals surface area contributed by atoms with E-state index >= 15 is 0 Å². The van der Waals surface area contributed by atoms with E-state index in [2.05, 4.69) is 0 Å². The Kier molecular flexibility index (Phi) is 9.12. The Morgan fingerprint density at radius 1 is 0.931 bits per heavy atom. The molecule has 0 saturated heterocycles. The number of amides is 1. The molecule has 5 atom stereocenters. The van der Waals surface area contributed by atoms with Gasteiger partial charge in [-0.2, -0.15) is 0 Å². The average Bonchev–Trinajstić information content (AvgIpc) is 2.62. The summed E-state index contributed by atoms with van der Waals surface area (Å²) in [5.74, 6) is -8.69. The van der Waals surface area contributed by atoms with E-state index in [9.17, 15) is 49.2 Å². The minimum atomic E-state index is -3.76. The molecular formula is C18H27NO10. The van der Waals surface area contributed by atoms with Crippen molar-refractivity contribution in [3.8, 4) is 0 Å². The summed E-state index contributed by atoms with van der Waals surface area (Å²) < 4.78 is 0. The van der Waals surface area contributed by atoms with Crippen LogP contribution in [0.1, 0.15) is 47.5 Å². The van der Waals surface area contributed by atoms with Gasteiger partial charge in [0.05, 0.1) is 6.10 Å². The normalized spacial score (nSPS) is 18.4. The molecule has 0 rings (SSSR count). The molecule has 29 heavy (non-hydrogen) atoms. The van der Waals surface area contributed by atoms with Crippen LogP contribution in [0.15, 0.2) is 0 Å². The van der Waals surface area contributed by atoms with Crippen LogP contribution in [0.25, 0.3) is 0 Å². The summed E-state index contributed by atoms with van der Waals surface area (Å²) in [7, 11) is 0. The Morgan fingerprint density at radius 2 is 1.41 bits per heavy atom. The van der Waals surface area contributed by atoms with E-state index < -0.39 is 64.3 Å².